The van der Waals surface area contributed by atoms with Crippen molar-refractivity contribution in [3.8, 4) is 0 Å². The summed E-state index contributed by atoms with van der Waals surface area (Å²) in [5.74, 6) is -0.0567. The fourth-order valence-corrected chi connectivity index (χ4v) is 2.31. The van der Waals surface area contributed by atoms with E-state index in [-0.39, 0.29) is 19.1 Å². The molecule has 0 atom stereocenters. The molecule has 0 saturated heterocycles. The maximum atomic E-state index is 12.1. The molecule has 0 radical (unpaired) electrons. The van der Waals surface area contributed by atoms with Gasteiger partial charge in [-0.05, 0) is 24.6 Å². The minimum absolute atomic E-state index is 0.0139. The van der Waals surface area contributed by atoms with Crippen molar-refractivity contribution in [1.82, 2.24) is 5.32 Å². The van der Waals surface area contributed by atoms with Gasteiger partial charge in [-0.15, -0.1) is 0 Å². The van der Waals surface area contributed by atoms with Crippen LogP contribution >= 0.6 is 0 Å². The molecule has 0 saturated carbocycles. The zero-order valence-corrected chi connectivity index (χ0v) is 12.8. The first-order valence-electron chi connectivity index (χ1n) is 7.42. The molecule has 0 bridgehead atoms. The van der Waals surface area contributed by atoms with Crippen LogP contribution in [0.5, 0.6) is 0 Å². The Morgan fingerprint density at radius 1 is 1.14 bits per heavy atom. The molecule has 4 nitrogen and oxygen atoms in total. The Bertz CT molecular complexity index is 599. The summed E-state index contributed by atoms with van der Waals surface area (Å²) in [5.41, 5.74) is 3.20. The third-order valence-corrected chi connectivity index (χ3v) is 3.40. The monoisotopic (exact) mass is 298 g/mol. The zero-order chi connectivity index (χ0) is 15.8. The lowest BCUT2D eigenvalue weighted by atomic mass is 10.1. The van der Waals surface area contributed by atoms with Crippen molar-refractivity contribution in [2.75, 3.05) is 24.6 Å². The quantitative estimate of drug-likeness (QED) is 0.823. The molecule has 0 unspecified atom stereocenters. The van der Waals surface area contributed by atoms with Crippen molar-refractivity contribution in [1.29, 1.82) is 0 Å². The van der Waals surface area contributed by atoms with Crippen molar-refractivity contribution < 1.29 is 9.90 Å². The number of aryl methyl sites for hydroxylation is 1. The van der Waals surface area contributed by atoms with Crippen LogP contribution in [0.1, 0.15) is 11.1 Å². The van der Waals surface area contributed by atoms with Gasteiger partial charge in [0.2, 0.25) is 5.91 Å². The largest absolute Gasteiger partial charge is 0.395 e. The smallest absolute Gasteiger partial charge is 0.239 e. The lowest BCUT2D eigenvalue weighted by molar-refractivity contribution is -0.119. The van der Waals surface area contributed by atoms with E-state index >= 15 is 0 Å². The first kappa shape index (κ1) is 16.0. The van der Waals surface area contributed by atoms with Gasteiger partial charge in [0.15, 0.2) is 0 Å². The minimum Gasteiger partial charge on any atom is -0.395 e. The molecule has 2 rings (SSSR count). The normalized spacial score (nSPS) is 10.3. The second-order valence-electron chi connectivity index (χ2n) is 5.25. The number of carbonyl (C=O) groups is 1. The molecule has 0 aliphatic carbocycles. The summed E-state index contributed by atoms with van der Waals surface area (Å²) in [6.07, 6.45) is 0. The van der Waals surface area contributed by atoms with Crippen LogP contribution < -0.4 is 10.2 Å². The number of anilines is 1. The van der Waals surface area contributed by atoms with Crippen molar-refractivity contribution in [3.63, 3.8) is 0 Å². The molecule has 2 aromatic rings. The first-order valence-corrected chi connectivity index (χ1v) is 7.42. The minimum atomic E-state index is -0.0567. The van der Waals surface area contributed by atoms with Gasteiger partial charge in [-0.2, -0.15) is 0 Å². The fraction of sp³-hybridized carbons (Fsp3) is 0.278. The van der Waals surface area contributed by atoms with E-state index in [4.69, 9.17) is 0 Å². The van der Waals surface area contributed by atoms with Crippen LogP contribution in [0.2, 0.25) is 0 Å². The summed E-state index contributed by atoms with van der Waals surface area (Å²) in [7, 11) is 0. The molecular weight excluding hydrogens is 276 g/mol. The number of hydrogen-bond acceptors (Lipinski definition) is 3. The van der Waals surface area contributed by atoms with E-state index in [0.717, 1.165) is 11.3 Å². The molecular formula is C18H22N2O2. The second-order valence-corrected chi connectivity index (χ2v) is 5.25. The Morgan fingerprint density at radius 2 is 1.91 bits per heavy atom. The number of aliphatic hydroxyl groups is 1. The van der Waals surface area contributed by atoms with Gasteiger partial charge >= 0.3 is 0 Å². The number of para-hydroxylation sites is 1. The molecule has 22 heavy (non-hydrogen) atoms. The molecule has 0 heterocycles. The average molecular weight is 298 g/mol. The summed E-state index contributed by atoms with van der Waals surface area (Å²) in [6.45, 7) is 3.23. The van der Waals surface area contributed by atoms with Crippen molar-refractivity contribution in [2.24, 2.45) is 0 Å². The summed E-state index contributed by atoms with van der Waals surface area (Å²) >= 11 is 0. The van der Waals surface area contributed by atoms with E-state index in [1.54, 1.807) is 0 Å². The Labute approximate surface area is 131 Å². The lowest BCUT2D eigenvalue weighted by Gasteiger charge is -2.23. The number of rotatable bonds is 7. The van der Waals surface area contributed by atoms with Crippen LogP contribution in [0, 0.1) is 6.92 Å². The summed E-state index contributed by atoms with van der Waals surface area (Å²) < 4.78 is 0. The summed E-state index contributed by atoms with van der Waals surface area (Å²) in [6, 6.07) is 17.7. The van der Waals surface area contributed by atoms with Gasteiger partial charge in [0.25, 0.3) is 0 Å². The molecule has 2 aromatic carbocycles. The number of hydrogen-bond donors (Lipinski definition) is 2. The van der Waals surface area contributed by atoms with Crippen LogP contribution in [0.4, 0.5) is 5.69 Å². The molecule has 1 amide bonds. The second kappa shape index (κ2) is 8.20. The van der Waals surface area contributed by atoms with Gasteiger partial charge in [0.1, 0.15) is 0 Å². The number of aliphatic hydroxyl groups excluding tert-OH is 1. The maximum Gasteiger partial charge on any atom is 0.239 e. The molecule has 116 valence electrons. The number of amides is 1. The van der Waals surface area contributed by atoms with Crippen molar-refractivity contribution >= 4 is 11.6 Å². The SMILES string of the molecule is Cc1cccc(CNC(=O)CN(CCO)c2ccccc2)c1. The van der Waals surface area contributed by atoms with Gasteiger partial charge < -0.3 is 15.3 Å². The standard InChI is InChI=1S/C18H22N2O2/c1-15-6-5-7-16(12-15)13-19-18(22)14-20(10-11-21)17-8-3-2-4-9-17/h2-9,12,21H,10-11,13-14H2,1H3,(H,19,22). The Balaban J connectivity index is 1.91. The molecule has 4 heteroatoms. The highest BCUT2D eigenvalue weighted by molar-refractivity contribution is 5.81. The van der Waals surface area contributed by atoms with Crippen LogP contribution in [-0.4, -0.2) is 30.7 Å². The Kier molecular flexibility index (Phi) is 5.98. The number of nitrogens with one attached hydrogen (secondary N) is 1. The summed E-state index contributed by atoms with van der Waals surface area (Å²) in [4.78, 5) is 14.0. The molecule has 0 spiro atoms. The van der Waals surface area contributed by atoms with Crippen LogP contribution in [0.15, 0.2) is 54.6 Å². The van der Waals surface area contributed by atoms with Gasteiger partial charge in [-0.3, -0.25) is 4.79 Å². The number of benzene rings is 2. The van der Waals surface area contributed by atoms with Gasteiger partial charge in [-0.25, -0.2) is 0 Å². The topological polar surface area (TPSA) is 52.6 Å². The highest BCUT2D eigenvalue weighted by Gasteiger charge is 2.10. The fourth-order valence-electron chi connectivity index (χ4n) is 2.31. The molecule has 0 aliphatic heterocycles. The maximum absolute atomic E-state index is 12.1. The first-order chi connectivity index (χ1) is 10.7. The van der Waals surface area contributed by atoms with Gasteiger partial charge in [0.05, 0.1) is 13.2 Å². The van der Waals surface area contributed by atoms with E-state index in [9.17, 15) is 9.90 Å². The molecule has 0 aromatic heterocycles. The van der Waals surface area contributed by atoms with Crippen molar-refractivity contribution in [2.45, 2.75) is 13.5 Å². The molecule has 2 N–H and O–H groups in total. The van der Waals surface area contributed by atoms with E-state index < -0.39 is 0 Å². The van der Waals surface area contributed by atoms with Gasteiger partial charge in [-0.1, -0.05) is 48.0 Å². The van der Waals surface area contributed by atoms with E-state index in [2.05, 4.69) is 11.4 Å². The van der Waals surface area contributed by atoms with Gasteiger partial charge in [0, 0.05) is 18.8 Å². The predicted octanol–water partition coefficient (Wildman–Crippen LogP) is 2.11. The number of nitrogens with zero attached hydrogens (tertiary/aromatic N) is 1. The molecule has 0 aliphatic rings. The molecule has 0 fully saturated rings. The summed E-state index contributed by atoms with van der Waals surface area (Å²) in [5, 5.41) is 12.1. The van der Waals surface area contributed by atoms with E-state index in [1.807, 2.05) is 60.4 Å². The van der Waals surface area contributed by atoms with E-state index in [1.165, 1.54) is 5.56 Å². The lowest BCUT2D eigenvalue weighted by Crippen LogP contribution is -2.38. The van der Waals surface area contributed by atoms with Crippen LogP contribution in [0.25, 0.3) is 0 Å². The predicted molar refractivity (Wildman–Crippen MR) is 88.8 cm³/mol. The average Bonchev–Trinajstić information content (AvgIpc) is 2.53. The Hall–Kier alpha value is -2.33. The van der Waals surface area contributed by atoms with Crippen LogP contribution in [-0.2, 0) is 11.3 Å². The van der Waals surface area contributed by atoms with E-state index in [0.29, 0.717) is 13.1 Å². The third kappa shape index (κ3) is 4.90. The van der Waals surface area contributed by atoms with Crippen LogP contribution in [0.3, 0.4) is 0 Å². The zero-order valence-electron chi connectivity index (χ0n) is 12.8. The highest BCUT2D eigenvalue weighted by atomic mass is 16.3. The van der Waals surface area contributed by atoms with Crippen molar-refractivity contribution in [3.05, 3.63) is 65.7 Å². The highest BCUT2D eigenvalue weighted by Crippen LogP contribution is 2.12. The number of carbonyl (C=O) groups excluding carboxylic acids is 1. The Morgan fingerprint density at radius 3 is 2.59 bits per heavy atom. The third-order valence-electron chi connectivity index (χ3n) is 3.40.